The van der Waals surface area contributed by atoms with Crippen LogP contribution < -0.4 is 5.32 Å². The molecule has 0 radical (unpaired) electrons. The van der Waals surface area contributed by atoms with E-state index in [2.05, 4.69) is 5.32 Å². The number of carbonyl (C=O) groups excluding carboxylic acids is 1. The van der Waals surface area contributed by atoms with Gasteiger partial charge in [-0.1, -0.05) is 67.1 Å². The van der Waals surface area contributed by atoms with Crippen molar-refractivity contribution in [3.05, 3.63) is 94.5 Å². The van der Waals surface area contributed by atoms with Gasteiger partial charge < -0.3 is 5.32 Å². The topological polar surface area (TPSA) is 66.5 Å². The van der Waals surface area contributed by atoms with E-state index in [0.717, 1.165) is 39.9 Å². The minimum Gasteiger partial charge on any atom is -0.324 e. The van der Waals surface area contributed by atoms with Crippen molar-refractivity contribution in [2.45, 2.75) is 51.1 Å². The number of hydrogen-bond donors (Lipinski definition) is 1. The molecule has 3 aromatic rings. The van der Waals surface area contributed by atoms with Gasteiger partial charge in [-0.2, -0.15) is 4.31 Å². The van der Waals surface area contributed by atoms with Gasteiger partial charge in [0.05, 0.1) is 4.90 Å². The number of hydrogen-bond acceptors (Lipinski definition) is 3. The summed E-state index contributed by atoms with van der Waals surface area (Å²) in [4.78, 5) is 13.7. The molecule has 1 N–H and O–H groups in total. The van der Waals surface area contributed by atoms with E-state index in [9.17, 15) is 13.2 Å². The second-order valence-electron chi connectivity index (χ2n) is 8.30. The number of nitrogens with zero attached hydrogens (tertiary/aromatic N) is 1. The lowest BCUT2D eigenvalue weighted by Gasteiger charge is -2.35. The van der Waals surface area contributed by atoms with Gasteiger partial charge >= 0.3 is 0 Å². The van der Waals surface area contributed by atoms with E-state index in [1.54, 1.807) is 24.3 Å². The molecule has 1 atom stereocenters. The zero-order valence-corrected chi connectivity index (χ0v) is 19.4. The number of benzene rings is 3. The Morgan fingerprint density at radius 1 is 0.969 bits per heavy atom. The maximum atomic E-state index is 13.6. The van der Waals surface area contributed by atoms with Gasteiger partial charge in [-0.05, 0) is 61.1 Å². The predicted molar refractivity (Wildman–Crippen MR) is 127 cm³/mol. The van der Waals surface area contributed by atoms with Crippen molar-refractivity contribution in [2.24, 2.45) is 0 Å². The smallest absolute Gasteiger partial charge is 0.244 e. The molecule has 0 saturated heterocycles. The van der Waals surface area contributed by atoms with Gasteiger partial charge in [-0.15, -0.1) is 0 Å². The van der Waals surface area contributed by atoms with E-state index in [1.807, 2.05) is 63.2 Å². The fourth-order valence-corrected chi connectivity index (χ4v) is 5.79. The fraction of sp³-hybridized carbons (Fsp3) is 0.269. The number of nitrogens with one attached hydrogen (secondary N) is 1. The minimum atomic E-state index is -3.86. The van der Waals surface area contributed by atoms with Gasteiger partial charge in [-0.3, -0.25) is 4.79 Å². The quantitative estimate of drug-likeness (QED) is 0.619. The molecule has 0 spiro atoms. The molecule has 4 rings (SSSR count). The van der Waals surface area contributed by atoms with E-state index in [4.69, 9.17) is 0 Å². The minimum absolute atomic E-state index is 0.166. The Kier molecular flexibility index (Phi) is 6.17. The van der Waals surface area contributed by atoms with Crippen LogP contribution in [0, 0.1) is 13.8 Å². The first-order chi connectivity index (χ1) is 15.3. The summed E-state index contributed by atoms with van der Waals surface area (Å²) in [6, 6.07) is 19.6. The lowest BCUT2D eigenvalue weighted by atomic mass is 9.95. The molecule has 0 saturated carbocycles. The highest BCUT2D eigenvalue weighted by molar-refractivity contribution is 7.89. The summed E-state index contributed by atoms with van der Waals surface area (Å²) >= 11 is 0. The summed E-state index contributed by atoms with van der Waals surface area (Å²) in [5, 5.41) is 3.05. The molecule has 166 valence electrons. The number of fused-ring (bicyclic) bond motifs is 1. The van der Waals surface area contributed by atoms with Gasteiger partial charge in [0, 0.05) is 12.2 Å². The molecule has 3 aromatic carbocycles. The highest BCUT2D eigenvalue weighted by Gasteiger charge is 2.39. The molecule has 6 heteroatoms. The zero-order valence-electron chi connectivity index (χ0n) is 18.6. The van der Waals surface area contributed by atoms with Crippen molar-refractivity contribution in [3.8, 4) is 0 Å². The van der Waals surface area contributed by atoms with E-state index in [0.29, 0.717) is 6.42 Å². The zero-order chi connectivity index (χ0) is 22.9. The first-order valence-electron chi connectivity index (χ1n) is 10.9. The van der Waals surface area contributed by atoms with Gasteiger partial charge in [-0.25, -0.2) is 8.42 Å². The van der Waals surface area contributed by atoms with Crippen LogP contribution in [0.2, 0.25) is 0 Å². The van der Waals surface area contributed by atoms with Crippen molar-refractivity contribution in [3.63, 3.8) is 0 Å². The summed E-state index contributed by atoms with van der Waals surface area (Å²) in [6.07, 6.45) is 1.11. The van der Waals surface area contributed by atoms with E-state index in [1.165, 1.54) is 4.31 Å². The second kappa shape index (κ2) is 8.88. The number of carbonyl (C=O) groups is 1. The Balaban J connectivity index is 1.74. The number of para-hydroxylation sites is 1. The van der Waals surface area contributed by atoms with Crippen LogP contribution >= 0.6 is 0 Å². The first kappa shape index (κ1) is 22.2. The Morgan fingerprint density at radius 2 is 1.66 bits per heavy atom. The van der Waals surface area contributed by atoms with Gasteiger partial charge in [0.25, 0.3) is 0 Å². The molecule has 5 nitrogen and oxygen atoms in total. The Hall–Kier alpha value is -2.96. The predicted octanol–water partition coefficient (Wildman–Crippen LogP) is 4.62. The Labute approximate surface area is 190 Å². The van der Waals surface area contributed by atoms with Crippen LogP contribution in [0.3, 0.4) is 0 Å². The molecular weight excluding hydrogens is 420 g/mol. The molecule has 1 heterocycles. The number of anilines is 1. The summed E-state index contributed by atoms with van der Waals surface area (Å²) in [5.74, 6) is -0.306. The van der Waals surface area contributed by atoms with Crippen molar-refractivity contribution in [2.75, 3.05) is 5.32 Å². The van der Waals surface area contributed by atoms with Crippen LogP contribution in [0.15, 0.2) is 71.6 Å². The largest absolute Gasteiger partial charge is 0.324 e. The summed E-state index contributed by atoms with van der Waals surface area (Å²) in [5.41, 5.74) is 5.67. The van der Waals surface area contributed by atoms with Crippen LogP contribution in [0.1, 0.15) is 34.7 Å². The second-order valence-corrected chi connectivity index (χ2v) is 10.2. The number of rotatable bonds is 5. The average Bonchev–Trinajstić information content (AvgIpc) is 2.79. The number of sulfonamides is 1. The molecule has 1 unspecified atom stereocenters. The van der Waals surface area contributed by atoms with Crippen molar-refractivity contribution < 1.29 is 13.2 Å². The fourth-order valence-electron chi connectivity index (χ4n) is 4.23. The van der Waals surface area contributed by atoms with Crippen LogP contribution in [0.5, 0.6) is 0 Å². The third kappa shape index (κ3) is 4.20. The maximum absolute atomic E-state index is 13.6. The van der Waals surface area contributed by atoms with Gasteiger partial charge in [0.15, 0.2) is 0 Å². The summed E-state index contributed by atoms with van der Waals surface area (Å²) in [6.45, 7) is 6.07. The SMILES string of the molecule is CCc1cccc(C)c1NC(=O)C1Cc2ccccc2CN1S(=O)(=O)c1ccc(C)cc1. The molecule has 1 amide bonds. The Morgan fingerprint density at radius 3 is 2.34 bits per heavy atom. The summed E-state index contributed by atoms with van der Waals surface area (Å²) < 4.78 is 28.6. The highest BCUT2D eigenvalue weighted by atomic mass is 32.2. The lowest BCUT2D eigenvalue weighted by Crippen LogP contribution is -2.50. The lowest BCUT2D eigenvalue weighted by molar-refractivity contribution is -0.120. The Bertz CT molecular complexity index is 1250. The van der Waals surface area contributed by atoms with Crippen LogP contribution in [0.4, 0.5) is 5.69 Å². The third-order valence-electron chi connectivity index (χ3n) is 6.12. The van der Waals surface area contributed by atoms with E-state index in [-0.39, 0.29) is 17.3 Å². The normalized spacial score (nSPS) is 16.4. The maximum Gasteiger partial charge on any atom is 0.244 e. The van der Waals surface area contributed by atoms with Crippen LogP contribution in [0.25, 0.3) is 0 Å². The number of aryl methyl sites for hydroxylation is 3. The number of amides is 1. The molecule has 0 aliphatic carbocycles. The van der Waals surface area contributed by atoms with Gasteiger partial charge in [0.2, 0.25) is 15.9 Å². The molecule has 32 heavy (non-hydrogen) atoms. The van der Waals surface area contributed by atoms with Crippen LogP contribution in [-0.4, -0.2) is 24.7 Å². The van der Waals surface area contributed by atoms with Crippen molar-refractivity contribution in [1.82, 2.24) is 4.31 Å². The average molecular weight is 449 g/mol. The molecule has 0 bridgehead atoms. The van der Waals surface area contributed by atoms with Gasteiger partial charge in [0.1, 0.15) is 6.04 Å². The third-order valence-corrected chi connectivity index (χ3v) is 7.99. The molecule has 1 aliphatic heterocycles. The standard InChI is InChI=1S/C26H28N2O3S/c1-4-20-11-7-8-19(3)25(20)27-26(29)24-16-21-9-5-6-10-22(21)17-28(24)32(30,31)23-14-12-18(2)13-15-23/h5-15,24H,4,16-17H2,1-3H3,(H,27,29). The highest BCUT2D eigenvalue weighted by Crippen LogP contribution is 2.31. The van der Waals surface area contributed by atoms with E-state index < -0.39 is 16.1 Å². The molecule has 0 fully saturated rings. The molecular formula is C26H28N2O3S. The monoisotopic (exact) mass is 448 g/mol. The van der Waals surface area contributed by atoms with E-state index >= 15 is 0 Å². The van der Waals surface area contributed by atoms with Crippen molar-refractivity contribution >= 4 is 21.6 Å². The first-order valence-corrected chi connectivity index (χ1v) is 12.3. The molecule has 1 aliphatic rings. The molecule has 0 aromatic heterocycles. The van der Waals surface area contributed by atoms with Crippen LogP contribution in [-0.2, 0) is 34.2 Å². The summed E-state index contributed by atoms with van der Waals surface area (Å²) in [7, 11) is -3.86. The van der Waals surface area contributed by atoms with Crippen molar-refractivity contribution in [1.29, 1.82) is 0 Å².